The van der Waals surface area contributed by atoms with Gasteiger partial charge in [0.1, 0.15) is 0 Å². The Morgan fingerprint density at radius 1 is 1.40 bits per heavy atom. The second kappa shape index (κ2) is 5.80. The molecule has 1 amide bonds. The van der Waals surface area contributed by atoms with Crippen molar-refractivity contribution in [1.29, 1.82) is 0 Å². The van der Waals surface area contributed by atoms with Gasteiger partial charge in [0.25, 0.3) is 0 Å². The van der Waals surface area contributed by atoms with E-state index in [9.17, 15) is 4.79 Å². The van der Waals surface area contributed by atoms with E-state index >= 15 is 0 Å². The maximum atomic E-state index is 10.7. The van der Waals surface area contributed by atoms with E-state index in [0.29, 0.717) is 6.42 Å². The smallest absolute Gasteiger partial charge is 0.427 e. The van der Waals surface area contributed by atoms with E-state index in [2.05, 4.69) is 15.3 Å². The summed E-state index contributed by atoms with van der Waals surface area (Å²) in [6.07, 6.45) is 0.160. The van der Waals surface area contributed by atoms with Gasteiger partial charge in [0.05, 0.1) is 7.11 Å². The van der Waals surface area contributed by atoms with Crippen LogP contribution < -0.4 is 5.43 Å². The summed E-state index contributed by atoms with van der Waals surface area (Å²) in [7, 11) is 1.30. The summed E-state index contributed by atoms with van der Waals surface area (Å²) in [5.41, 5.74) is 4.26. The van der Waals surface area contributed by atoms with Gasteiger partial charge in [-0.15, -0.1) is 0 Å². The molecule has 0 bridgehead atoms. The Hall–Kier alpha value is -1.84. The quantitative estimate of drug-likeness (QED) is 0.607. The summed E-state index contributed by atoms with van der Waals surface area (Å²) in [6.45, 7) is 1.85. The Bertz CT molecular complexity index is 347. The predicted molar refractivity (Wildman–Crippen MR) is 58.8 cm³/mol. The summed E-state index contributed by atoms with van der Waals surface area (Å²) in [5, 5.41) is 3.88. The molecule has 0 atom stereocenters. The van der Waals surface area contributed by atoms with E-state index in [1.807, 2.05) is 37.3 Å². The number of methoxy groups -OCH3 is 1. The van der Waals surface area contributed by atoms with Crippen molar-refractivity contribution < 1.29 is 9.53 Å². The molecule has 1 aromatic carbocycles. The van der Waals surface area contributed by atoms with Gasteiger partial charge in [-0.3, -0.25) is 0 Å². The molecule has 15 heavy (non-hydrogen) atoms. The van der Waals surface area contributed by atoms with Crippen LogP contribution in [0.25, 0.3) is 0 Å². The first kappa shape index (κ1) is 11.2. The molecule has 1 N–H and O–H groups in total. The Labute approximate surface area is 88.9 Å². The van der Waals surface area contributed by atoms with Crippen LogP contribution in [0.3, 0.4) is 0 Å². The van der Waals surface area contributed by atoms with Gasteiger partial charge < -0.3 is 4.74 Å². The fraction of sp³-hybridized carbons (Fsp3) is 0.273. The number of ether oxygens (including phenoxy) is 1. The highest BCUT2D eigenvalue weighted by atomic mass is 16.5. The fourth-order valence-corrected chi connectivity index (χ4v) is 1.12. The van der Waals surface area contributed by atoms with Crippen LogP contribution >= 0.6 is 0 Å². The molecule has 1 aromatic rings. The largest absolute Gasteiger partial charge is 0.452 e. The molecule has 0 unspecified atom stereocenters. The molecule has 0 spiro atoms. The zero-order chi connectivity index (χ0) is 11.1. The maximum absolute atomic E-state index is 10.7. The topological polar surface area (TPSA) is 50.7 Å². The molecule has 0 saturated heterocycles. The third-order valence-corrected chi connectivity index (χ3v) is 1.83. The molecule has 0 saturated carbocycles. The van der Waals surface area contributed by atoms with Crippen LogP contribution in [0.4, 0.5) is 4.79 Å². The minimum Gasteiger partial charge on any atom is -0.452 e. The van der Waals surface area contributed by atoms with Crippen LogP contribution in [0.1, 0.15) is 12.5 Å². The number of hydrogen-bond donors (Lipinski definition) is 1. The van der Waals surface area contributed by atoms with E-state index in [1.165, 1.54) is 7.11 Å². The van der Waals surface area contributed by atoms with Crippen molar-refractivity contribution in [3.05, 3.63) is 35.9 Å². The van der Waals surface area contributed by atoms with Crippen LogP contribution in [0, 0.1) is 0 Å². The first-order valence-electron chi connectivity index (χ1n) is 4.63. The third-order valence-electron chi connectivity index (χ3n) is 1.83. The van der Waals surface area contributed by atoms with Crippen LogP contribution in [0.2, 0.25) is 0 Å². The lowest BCUT2D eigenvalue weighted by atomic mass is 10.1. The molecule has 0 aliphatic rings. The number of hydrazone groups is 1. The third kappa shape index (κ3) is 4.26. The van der Waals surface area contributed by atoms with Gasteiger partial charge in [-0.2, -0.15) is 5.10 Å². The van der Waals surface area contributed by atoms with Gasteiger partial charge in [0.15, 0.2) is 0 Å². The molecular formula is C11H14N2O2. The molecule has 0 radical (unpaired) electrons. The predicted octanol–water partition coefficient (Wildman–Crippen LogP) is 1.96. The summed E-state index contributed by atoms with van der Waals surface area (Å²) in [6, 6.07) is 9.92. The first-order valence-corrected chi connectivity index (χ1v) is 4.63. The van der Waals surface area contributed by atoms with Gasteiger partial charge in [-0.05, 0) is 12.5 Å². The SMILES string of the molecule is COC(=O)N/N=C(/C)Cc1ccccc1. The number of rotatable bonds is 3. The molecule has 1 rings (SSSR count). The summed E-state index contributed by atoms with van der Waals surface area (Å²) >= 11 is 0. The minimum atomic E-state index is -0.553. The Morgan fingerprint density at radius 2 is 2.07 bits per heavy atom. The second-order valence-corrected chi connectivity index (χ2v) is 3.11. The number of carbonyl (C=O) groups is 1. The number of hydrogen-bond acceptors (Lipinski definition) is 3. The van der Waals surface area contributed by atoms with Crippen molar-refractivity contribution in [3.63, 3.8) is 0 Å². The number of benzene rings is 1. The summed E-state index contributed by atoms with van der Waals surface area (Å²) in [4.78, 5) is 10.7. The molecule has 0 fully saturated rings. The molecule has 4 heteroatoms. The Balaban J connectivity index is 2.48. The van der Waals surface area contributed by atoms with Crippen molar-refractivity contribution in [2.75, 3.05) is 7.11 Å². The lowest BCUT2D eigenvalue weighted by Gasteiger charge is -2.01. The molecule has 0 aromatic heterocycles. The average Bonchev–Trinajstić information content (AvgIpc) is 2.27. The highest BCUT2D eigenvalue weighted by molar-refractivity contribution is 5.85. The molecule has 4 nitrogen and oxygen atoms in total. The van der Waals surface area contributed by atoms with Crippen molar-refractivity contribution in [2.24, 2.45) is 5.10 Å². The average molecular weight is 206 g/mol. The monoisotopic (exact) mass is 206 g/mol. The van der Waals surface area contributed by atoms with E-state index in [1.54, 1.807) is 0 Å². The number of carbonyl (C=O) groups excluding carboxylic acids is 1. The van der Waals surface area contributed by atoms with Crippen LogP contribution in [-0.2, 0) is 11.2 Å². The van der Waals surface area contributed by atoms with Crippen LogP contribution in [-0.4, -0.2) is 18.9 Å². The molecule has 0 aliphatic heterocycles. The van der Waals surface area contributed by atoms with Crippen LogP contribution in [0.5, 0.6) is 0 Å². The lowest BCUT2D eigenvalue weighted by molar-refractivity contribution is 0.171. The highest BCUT2D eigenvalue weighted by Crippen LogP contribution is 2.00. The van der Waals surface area contributed by atoms with Crippen molar-refractivity contribution in [3.8, 4) is 0 Å². The normalized spacial score (nSPS) is 10.9. The Morgan fingerprint density at radius 3 is 2.67 bits per heavy atom. The highest BCUT2D eigenvalue weighted by Gasteiger charge is 1.97. The molecular weight excluding hydrogens is 192 g/mol. The van der Waals surface area contributed by atoms with Gasteiger partial charge >= 0.3 is 6.09 Å². The Kier molecular flexibility index (Phi) is 4.34. The van der Waals surface area contributed by atoms with Crippen molar-refractivity contribution >= 4 is 11.8 Å². The first-order chi connectivity index (χ1) is 7.22. The van der Waals surface area contributed by atoms with E-state index < -0.39 is 6.09 Å². The van der Waals surface area contributed by atoms with Crippen molar-refractivity contribution in [2.45, 2.75) is 13.3 Å². The van der Waals surface area contributed by atoms with E-state index in [-0.39, 0.29) is 0 Å². The second-order valence-electron chi connectivity index (χ2n) is 3.11. The van der Waals surface area contributed by atoms with Crippen LogP contribution in [0.15, 0.2) is 35.4 Å². The molecule has 0 aliphatic carbocycles. The summed E-state index contributed by atoms with van der Waals surface area (Å²) in [5.74, 6) is 0. The number of nitrogens with zero attached hydrogens (tertiary/aromatic N) is 1. The zero-order valence-electron chi connectivity index (χ0n) is 8.86. The van der Waals surface area contributed by atoms with Gasteiger partial charge in [-0.25, -0.2) is 10.2 Å². The summed E-state index contributed by atoms with van der Waals surface area (Å²) < 4.78 is 4.39. The minimum absolute atomic E-state index is 0.553. The van der Waals surface area contributed by atoms with Gasteiger partial charge in [0, 0.05) is 12.1 Å². The van der Waals surface area contributed by atoms with E-state index in [0.717, 1.165) is 11.3 Å². The van der Waals surface area contributed by atoms with Gasteiger partial charge in [-0.1, -0.05) is 30.3 Å². The van der Waals surface area contributed by atoms with E-state index in [4.69, 9.17) is 0 Å². The number of amides is 1. The zero-order valence-corrected chi connectivity index (χ0v) is 8.86. The lowest BCUT2D eigenvalue weighted by Crippen LogP contribution is -2.18. The number of nitrogens with one attached hydrogen (secondary N) is 1. The van der Waals surface area contributed by atoms with Gasteiger partial charge in [0.2, 0.25) is 0 Å². The molecule has 0 heterocycles. The molecule has 80 valence electrons. The standard InChI is InChI=1S/C11H14N2O2/c1-9(12-13-11(14)15-2)8-10-6-4-3-5-7-10/h3-7H,8H2,1-2H3,(H,13,14)/b12-9-. The maximum Gasteiger partial charge on any atom is 0.427 e. The van der Waals surface area contributed by atoms with Crippen molar-refractivity contribution in [1.82, 2.24) is 5.43 Å². The fourth-order valence-electron chi connectivity index (χ4n) is 1.12.